The van der Waals surface area contributed by atoms with Crippen LogP contribution in [0.2, 0.25) is 0 Å². The molecule has 26 heavy (non-hydrogen) atoms. The predicted molar refractivity (Wildman–Crippen MR) is 100 cm³/mol. The second kappa shape index (κ2) is 7.44. The summed E-state index contributed by atoms with van der Waals surface area (Å²) < 4.78 is 75.7. The van der Waals surface area contributed by atoms with Crippen molar-refractivity contribution < 1.29 is 31.8 Å². The molecule has 0 fully saturated rings. The normalized spacial score (nSPS) is 19.6. The number of anilines is 1. The molecular weight excluding hydrogens is 330 g/mol. The van der Waals surface area contributed by atoms with Crippen LogP contribution < -0.4 is 10.1 Å². The van der Waals surface area contributed by atoms with E-state index in [1.807, 2.05) is 0 Å². The van der Waals surface area contributed by atoms with Gasteiger partial charge in [0.05, 0.1) is 15.3 Å². The summed E-state index contributed by atoms with van der Waals surface area (Å²) in [6, 6.07) is 3.41. The minimum absolute atomic E-state index is 0.0509. The number of carboxylic acids is 1. The molecule has 0 atom stereocenters. The Morgan fingerprint density at radius 3 is 2.85 bits per heavy atom. The largest absolute Gasteiger partial charge is 0.497 e. The second-order valence-electron chi connectivity index (χ2n) is 5.70. The van der Waals surface area contributed by atoms with E-state index in [1.54, 1.807) is 0 Å². The summed E-state index contributed by atoms with van der Waals surface area (Å²) in [7, 11) is -2.77. The highest BCUT2D eigenvalue weighted by molar-refractivity contribution is 6.09. The molecule has 5 nitrogen and oxygen atoms in total. The molecule has 0 heterocycles. The van der Waals surface area contributed by atoms with Crippen LogP contribution in [-0.2, 0) is 9.59 Å². The van der Waals surface area contributed by atoms with Crippen LogP contribution in [0.25, 0.3) is 11.1 Å². The van der Waals surface area contributed by atoms with Gasteiger partial charge in [-0.2, -0.15) is 0 Å². The standard InChI is InChI=1S/C21H21NO4/c1-13-11-15(14-5-3-6-16(12-14)26-2)9-10-19(13)22-20(23)17-7-4-8-18(17)21(24)25/h3,5-6,9-12H,4,7-8H2,1-2H3,(H,22,23)(H,24,25)/i1D3,2D3,9D,10D,11D. The Kier molecular flexibility index (Phi) is 2.74. The van der Waals surface area contributed by atoms with Gasteiger partial charge in [-0.3, -0.25) is 4.79 Å². The Balaban J connectivity index is 2.18. The Bertz CT molecular complexity index is 1230. The zero-order chi connectivity index (χ0) is 26.3. The summed E-state index contributed by atoms with van der Waals surface area (Å²) in [6.07, 6.45) is 0.740. The van der Waals surface area contributed by atoms with Gasteiger partial charge in [0.15, 0.2) is 0 Å². The smallest absolute Gasteiger partial charge is 0.332 e. The molecule has 0 saturated carbocycles. The van der Waals surface area contributed by atoms with Crippen molar-refractivity contribution in [3.05, 3.63) is 59.1 Å². The number of aliphatic carboxylic acids is 1. The van der Waals surface area contributed by atoms with Crippen LogP contribution in [0.4, 0.5) is 5.69 Å². The summed E-state index contributed by atoms with van der Waals surface area (Å²) >= 11 is 0. The number of carboxylic acid groups (broad SMARTS) is 1. The van der Waals surface area contributed by atoms with Crippen molar-refractivity contribution >= 4 is 17.6 Å². The summed E-state index contributed by atoms with van der Waals surface area (Å²) in [5.41, 5.74) is -1.62. The van der Waals surface area contributed by atoms with Crippen LogP contribution >= 0.6 is 0 Å². The van der Waals surface area contributed by atoms with E-state index in [4.69, 9.17) is 17.1 Å². The minimum atomic E-state index is -2.98. The quantitative estimate of drug-likeness (QED) is 0.839. The van der Waals surface area contributed by atoms with Gasteiger partial charge in [-0.05, 0) is 67.0 Å². The summed E-state index contributed by atoms with van der Waals surface area (Å²) in [4.78, 5) is 24.2. The maximum Gasteiger partial charge on any atom is 0.332 e. The van der Waals surface area contributed by atoms with Crippen molar-refractivity contribution in [3.63, 3.8) is 0 Å². The van der Waals surface area contributed by atoms with E-state index in [-0.39, 0.29) is 40.9 Å². The molecule has 1 aliphatic rings. The van der Waals surface area contributed by atoms with Crippen molar-refractivity contribution in [2.24, 2.45) is 0 Å². The van der Waals surface area contributed by atoms with Gasteiger partial charge in [-0.25, -0.2) is 4.79 Å². The molecule has 134 valence electrons. The van der Waals surface area contributed by atoms with Crippen LogP contribution in [0, 0.1) is 6.85 Å². The Morgan fingerprint density at radius 1 is 1.23 bits per heavy atom. The van der Waals surface area contributed by atoms with Gasteiger partial charge < -0.3 is 15.2 Å². The first kappa shape index (κ1) is 9.57. The lowest BCUT2D eigenvalue weighted by Gasteiger charge is -2.12. The molecule has 0 saturated heterocycles. The molecule has 5 heteroatoms. The zero-order valence-electron chi connectivity index (χ0n) is 22.6. The first-order chi connectivity index (χ1) is 16.1. The fraction of sp³-hybridized carbons (Fsp3) is 0.238. The van der Waals surface area contributed by atoms with E-state index in [0.717, 1.165) is 0 Å². The fourth-order valence-electron chi connectivity index (χ4n) is 2.78. The van der Waals surface area contributed by atoms with Crippen LogP contribution in [-0.4, -0.2) is 24.0 Å². The van der Waals surface area contributed by atoms with Gasteiger partial charge in [-0.15, -0.1) is 0 Å². The molecule has 0 radical (unpaired) electrons. The van der Waals surface area contributed by atoms with Crippen LogP contribution in [0.1, 0.15) is 37.2 Å². The first-order valence-corrected chi connectivity index (χ1v) is 7.82. The number of amides is 1. The monoisotopic (exact) mass is 360 g/mol. The van der Waals surface area contributed by atoms with Gasteiger partial charge in [0.25, 0.3) is 5.91 Å². The number of methoxy groups -OCH3 is 1. The lowest BCUT2D eigenvalue weighted by molar-refractivity contribution is -0.133. The lowest BCUT2D eigenvalue weighted by atomic mass is 10.0. The fourth-order valence-corrected chi connectivity index (χ4v) is 2.78. The number of hydrogen-bond donors (Lipinski definition) is 2. The molecule has 0 aliphatic heterocycles. The highest BCUT2D eigenvalue weighted by Crippen LogP contribution is 2.30. The molecule has 2 N–H and O–H groups in total. The predicted octanol–water partition coefficient (Wildman–Crippen LogP) is 4.17. The molecular formula is C21H21NO4. The van der Waals surface area contributed by atoms with E-state index < -0.39 is 55.1 Å². The molecule has 2 aromatic rings. The minimum Gasteiger partial charge on any atom is -0.497 e. The van der Waals surface area contributed by atoms with E-state index in [9.17, 15) is 14.7 Å². The van der Waals surface area contributed by atoms with Crippen molar-refractivity contribution in [1.82, 2.24) is 0 Å². The summed E-state index contributed by atoms with van der Waals surface area (Å²) in [5.74, 6) is -2.29. The number of ether oxygens (including phenoxy) is 1. The van der Waals surface area contributed by atoms with Crippen LogP contribution in [0.5, 0.6) is 5.75 Å². The molecule has 3 rings (SSSR count). The van der Waals surface area contributed by atoms with E-state index in [0.29, 0.717) is 6.42 Å². The number of carbonyl (C=O) groups is 2. The Labute approximate surface area is 165 Å². The van der Waals surface area contributed by atoms with Gasteiger partial charge in [0, 0.05) is 20.9 Å². The average molecular weight is 360 g/mol. The summed E-state index contributed by atoms with van der Waals surface area (Å²) in [6.45, 7) is -2.98. The highest BCUT2D eigenvalue weighted by atomic mass is 16.5. The van der Waals surface area contributed by atoms with Gasteiger partial charge >= 0.3 is 5.97 Å². The third-order valence-electron chi connectivity index (χ3n) is 4.04. The third-order valence-corrected chi connectivity index (χ3v) is 4.04. The molecule has 1 amide bonds. The van der Waals surface area contributed by atoms with Crippen LogP contribution in [0.15, 0.2) is 53.5 Å². The number of nitrogens with one attached hydrogen (secondary N) is 1. The average Bonchev–Trinajstić information content (AvgIpc) is 3.20. The number of rotatable bonds is 5. The Morgan fingerprint density at radius 2 is 2.08 bits per heavy atom. The van der Waals surface area contributed by atoms with Gasteiger partial charge in [0.2, 0.25) is 0 Å². The summed E-state index contributed by atoms with van der Waals surface area (Å²) in [5, 5.41) is 11.6. The van der Waals surface area contributed by atoms with E-state index in [2.05, 4.69) is 5.32 Å². The molecule has 0 bridgehead atoms. The van der Waals surface area contributed by atoms with E-state index >= 15 is 0 Å². The van der Waals surface area contributed by atoms with E-state index in [1.165, 1.54) is 24.3 Å². The Hall–Kier alpha value is -3.08. The SMILES string of the molecule is [2H]c1c([2H])c(-c2cccc(OC([2H])([2H])[2H])c2)c([2H])c(C([2H])([2H])[2H])c1NC(=O)C1=C(C(=O)O)CCC1. The van der Waals surface area contributed by atoms with Gasteiger partial charge in [-0.1, -0.05) is 18.2 Å². The lowest BCUT2D eigenvalue weighted by Crippen LogP contribution is -2.17. The maximum absolute atomic E-state index is 12.8. The maximum atomic E-state index is 12.8. The molecule has 0 spiro atoms. The number of carbonyl (C=O) groups excluding carboxylic acids is 1. The van der Waals surface area contributed by atoms with Crippen molar-refractivity contribution in [2.45, 2.75) is 26.1 Å². The van der Waals surface area contributed by atoms with Gasteiger partial charge in [0.1, 0.15) is 5.75 Å². The zero-order valence-corrected chi connectivity index (χ0v) is 13.6. The second-order valence-corrected chi connectivity index (χ2v) is 5.70. The van der Waals surface area contributed by atoms with Crippen molar-refractivity contribution in [3.8, 4) is 16.9 Å². The molecule has 0 aromatic heterocycles. The number of hydrogen-bond acceptors (Lipinski definition) is 3. The topological polar surface area (TPSA) is 75.6 Å². The molecule has 1 aliphatic carbocycles. The third kappa shape index (κ3) is 3.61. The molecule has 0 unspecified atom stereocenters. The molecule has 2 aromatic carbocycles. The van der Waals surface area contributed by atoms with Crippen molar-refractivity contribution in [2.75, 3.05) is 12.4 Å². The van der Waals surface area contributed by atoms with Crippen molar-refractivity contribution in [1.29, 1.82) is 0 Å². The first-order valence-electron chi connectivity index (χ1n) is 12.3. The number of benzene rings is 2. The highest BCUT2D eigenvalue weighted by Gasteiger charge is 2.25. The van der Waals surface area contributed by atoms with Crippen LogP contribution in [0.3, 0.4) is 0 Å².